The third-order valence-corrected chi connectivity index (χ3v) is 2.71. The second kappa shape index (κ2) is 5.15. The van der Waals surface area contributed by atoms with E-state index in [1.807, 2.05) is 0 Å². The first kappa shape index (κ1) is 11.2. The van der Waals surface area contributed by atoms with Gasteiger partial charge in [0.2, 0.25) is 11.7 Å². The van der Waals surface area contributed by atoms with Crippen LogP contribution >= 0.6 is 11.3 Å². The summed E-state index contributed by atoms with van der Waals surface area (Å²) in [7, 11) is 1.61. The van der Waals surface area contributed by atoms with Gasteiger partial charge >= 0.3 is 0 Å². The molecule has 0 fully saturated rings. The fourth-order valence-corrected chi connectivity index (χ4v) is 1.81. The fraction of sp³-hybridized carbons (Fsp3) is 0.444. The van der Waals surface area contributed by atoms with Crippen LogP contribution in [0.4, 0.5) is 0 Å². The van der Waals surface area contributed by atoms with Gasteiger partial charge in [0, 0.05) is 25.8 Å². The number of rotatable bonds is 5. The average Bonchev–Trinajstić information content (AvgIpc) is 2.86. The monoisotopic (exact) mass is 240 g/mol. The third kappa shape index (κ3) is 2.63. The second-order valence-corrected chi connectivity index (χ2v) is 4.18. The van der Waals surface area contributed by atoms with E-state index in [-0.39, 0.29) is 6.04 Å². The van der Waals surface area contributed by atoms with Gasteiger partial charge in [0.25, 0.3) is 0 Å². The Hall–Kier alpha value is -1.31. The summed E-state index contributed by atoms with van der Waals surface area (Å²) in [6.45, 7) is 0.471. The molecule has 2 N–H and O–H groups in total. The van der Waals surface area contributed by atoms with Crippen molar-refractivity contribution in [2.24, 2.45) is 5.73 Å². The molecule has 1 unspecified atom stereocenters. The summed E-state index contributed by atoms with van der Waals surface area (Å²) in [5, 5.41) is 3.86. The number of nitrogens with two attached hydrogens (primary N) is 1. The van der Waals surface area contributed by atoms with Crippen LogP contribution in [-0.2, 0) is 11.2 Å². The Morgan fingerprint density at radius 1 is 1.62 bits per heavy atom. The predicted octanol–water partition coefficient (Wildman–Crippen LogP) is 0.709. The maximum Gasteiger partial charge on any atom is 0.228 e. The lowest BCUT2D eigenvalue weighted by molar-refractivity contribution is 0.176. The predicted molar refractivity (Wildman–Crippen MR) is 59.0 cm³/mol. The van der Waals surface area contributed by atoms with E-state index in [2.05, 4.69) is 15.1 Å². The summed E-state index contributed by atoms with van der Waals surface area (Å²) in [6.07, 6.45) is 2.22. The largest absolute Gasteiger partial charge is 0.383 e. The van der Waals surface area contributed by atoms with Crippen molar-refractivity contribution >= 4 is 11.3 Å². The lowest BCUT2D eigenvalue weighted by Gasteiger charge is -2.05. The van der Waals surface area contributed by atoms with Crippen molar-refractivity contribution in [3.8, 4) is 10.7 Å². The quantitative estimate of drug-likeness (QED) is 0.828. The Kier molecular flexibility index (Phi) is 3.60. The van der Waals surface area contributed by atoms with Crippen LogP contribution in [0, 0.1) is 0 Å². The summed E-state index contributed by atoms with van der Waals surface area (Å²) >= 11 is 1.47. The van der Waals surface area contributed by atoms with E-state index in [1.54, 1.807) is 18.8 Å². The first-order valence-corrected chi connectivity index (χ1v) is 5.63. The van der Waals surface area contributed by atoms with Gasteiger partial charge in [0.05, 0.1) is 17.0 Å². The maximum atomic E-state index is 5.78. The van der Waals surface area contributed by atoms with Crippen LogP contribution in [0.3, 0.4) is 0 Å². The van der Waals surface area contributed by atoms with Crippen molar-refractivity contribution in [1.82, 2.24) is 15.1 Å². The Morgan fingerprint density at radius 2 is 2.50 bits per heavy atom. The second-order valence-electron chi connectivity index (χ2n) is 3.30. The van der Waals surface area contributed by atoms with Crippen LogP contribution in [0.1, 0.15) is 5.89 Å². The molecule has 2 aromatic rings. The van der Waals surface area contributed by atoms with Gasteiger partial charge in [0.15, 0.2) is 0 Å². The molecule has 2 aromatic heterocycles. The highest BCUT2D eigenvalue weighted by Crippen LogP contribution is 2.19. The van der Waals surface area contributed by atoms with Crippen LogP contribution in [0.15, 0.2) is 16.2 Å². The number of ether oxygens (including phenoxy) is 1. The van der Waals surface area contributed by atoms with E-state index in [1.165, 1.54) is 11.3 Å². The highest BCUT2D eigenvalue weighted by molar-refractivity contribution is 7.13. The fourth-order valence-electron chi connectivity index (χ4n) is 1.26. The van der Waals surface area contributed by atoms with Gasteiger partial charge in [-0.25, -0.2) is 0 Å². The summed E-state index contributed by atoms with van der Waals surface area (Å²) in [5.41, 5.74) is 7.51. The van der Waals surface area contributed by atoms with Crippen molar-refractivity contribution < 1.29 is 9.26 Å². The van der Waals surface area contributed by atoms with Gasteiger partial charge in [-0.2, -0.15) is 4.98 Å². The van der Waals surface area contributed by atoms with Crippen molar-refractivity contribution in [3.05, 3.63) is 17.6 Å². The number of aromatic nitrogens is 3. The number of methoxy groups -OCH3 is 1. The van der Waals surface area contributed by atoms with Crippen LogP contribution in [-0.4, -0.2) is 34.9 Å². The van der Waals surface area contributed by atoms with E-state index in [0.717, 1.165) is 4.88 Å². The standard InChI is InChI=1S/C9H12N4O2S/c1-14-4-6(10)2-8-12-9(13-15-8)7-3-11-5-16-7/h3,5-6H,2,4,10H2,1H3. The molecule has 0 amide bonds. The van der Waals surface area contributed by atoms with Crippen LogP contribution in [0.5, 0.6) is 0 Å². The highest BCUT2D eigenvalue weighted by Gasteiger charge is 2.12. The van der Waals surface area contributed by atoms with Crippen molar-refractivity contribution in [3.63, 3.8) is 0 Å². The number of hydrogen-bond donors (Lipinski definition) is 1. The molecule has 0 spiro atoms. The molecule has 0 bridgehead atoms. The van der Waals surface area contributed by atoms with Gasteiger partial charge in [0.1, 0.15) is 0 Å². The van der Waals surface area contributed by atoms with E-state index in [4.69, 9.17) is 15.0 Å². The molecule has 0 saturated carbocycles. The molecular formula is C9H12N4O2S. The maximum absolute atomic E-state index is 5.78. The molecule has 0 aromatic carbocycles. The minimum Gasteiger partial charge on any atom is -0.383 e. The average molecular weight is 240 g/mol. The molecule has 16 heavy (non-hydrogen) atoms. The zero-order chi connectivity index (χ0) is 11.4. The minimum absolute atomic E-state index is 0.125. The van der Waals surface area contributed by atoms with Crippen molar-refractivity contribution in [2.75, 3.05) is 13.7 Å². The molecule has 0 aliphatic heterocycles. The smallest absolute Gasteiger partial charge is 0.228 e. The molecule has 7 heteroatoms. The zero-order valence-corrected chi connectivity index (χ0v) is 9.61. The molecule has 2 heterocycles. The van der Waals surface area contributed by atoms with E-state index < -0.39 is 0 Å². The first-order chi connectivity index (χ1) is 7.79. The first-order valence-electron chi connectivity index (χ1n) is 4.75. The Bertz CT molecular complexity index is 428. The zero-order valence-electron chi connectivity index (χ0n) is 8.79. The molecular weight excluding hydrogens is 228 g/mol. The Balaban J connectivity index is 2.03. The summed E-state index contributed by atoms with van der Waals surface area (Å²) < 4.78 is 10.0. The number of thiazole rings is 1. The highest BCUT2D eigenvalue weighted by atomic mass is 32.1. The molecule has 0 aliphatic carbocycles. The van der Waals surface area contributed by atoms with Crippen LogP contribution < -0.4 is 5.73 Å². The molecule has 2 rings (SSSR count). The van der Waals surface area contributed by atoms with Crippen molar-refractivity contribution in [2.45, 2.75) is 12.5 Å². The molecule has 0 radical (unpaired) electrons. The third-order valence-electron chi connectivity index (χ3n) is 1.94. The van der Waals surface area contributed by atoms with Gasteiger partial charge in [-0.3, -0.25) is 4.98 Å². The normalized spacial score (nSPS) is 12.9. The van der Waals surface area contributed by atoms with Gasteiger partial charge in [-0.15, -0.1) is 11.3 Å². The molecule has 1 atom stereocenters. The molecule has 0 saturated heterocycles. The lowest BCUT2D eigenvalue weighted by atomic mass is 10.2. The molecule has 86 valence electrons. The van der Waals surface area contributed by atoms with Gasteiger partial charge in [-0.1, -0.05) is 5.16 Å². The Morgan fingerprint density at radius 3 is 3.19 bits per heavy atom. The molecule has 0 aliphatic rings. The van der Waals surface area contributed by atoms with Crippen LogP contribution in [0.25, 0.3) is 10.7 Å². The summed E-state index contributed by atoms with van der Waals surface area (Å²) in [5.74, 6) is 1.08. The molecule has 6 nitrogen and oxygen atoms in total. The SMILES string of the molecule is COCC(N)Cc1nc(-c2cncs2)no1. The summed E-state index contributed by atoms with van der Waals surface area (Å²) in [4.78, 5) is 9.07. The topological polar surface area (TPSA) is 87.1 Å². The van der Waals surface area contributed by atoms with Crippen LogP contribution in [0.2, 0.25) is 0 Å². The Labute approximate surface area is 96.4 Å². The number of nitrogens with zero attached hydrogens (tertiary/aromatic N) is 3. The number of hydrogen-bond acceptors (Lipinski definition) is 7. The minimum atomic E-state index is -0.125. The van der Waals surface area contributed by atoms with Gasteiger partial charge < -0.3 is 15.0 Å². The lowest BCUT2D eigenvalue weighted by Crippen LogP contribution is -2.28. The van der Waals surface area contributed by atoms with Crippen molar-refractivity contribution in [1.29, 1.82) is 0 Å². The van der Waals surface area contributed by atoms with Gasteiger partial charge in [-0.05, 0) is 0 Å². The summed E-state index contributed by atoms with van der Waals surface area (Å²) in [6, 6.07) is -0.125. The van der Waals surface area contributed by atoms with E-state index in [0.29, 0.717) is 24.7 Å². The van der Waals surface area contributed by atoms with E-state index >= 15 is 0 Å². The van der Waals surface area contributed by atoms with E-state index in [9.17, 15) is 0 Å².